The average Bonchev–Trinajstić information content (AvgIpc) is 2.74. The average molecular weight is 316 g/mol. The van der Waals surface area contributed by atoms with Crippen LogP contribution in [0.1, 0.15) is 51.9 Å². The van der Waals surface area contributed by atoms with Crippen LogP contribution in [0.5, 0.6) is 0 Å². The third kappa shape index (κ3) is 4.47. The molecule has 0 atom stereocenters. The molecule has 5 heteroatoms. The van der Waals surface area contributed by atoms with E-state index in [0.717, 1.165) is 23.3 Å². The van der Waals surface area contributed by atoms with E-state index in [1.807, 2.05) is 20.8 Å². The normalized spacial score (nSPS) is 12.0. The van der Waals surface area contributed by atoms with Crippen molar-refractivity contribution in [2.45, 2.75) is 52.5 Å². The Morgan fingerprint density at radius 2 is 2.00 bits per heavy atom. The number of fused-ring (bicyclic) bond motifs is 1. The van der Waals surface area contributed by atoms with Gasteiger partial charge in [-0.3, -0.25) is 0 Å². The quantitative estimate of drug-likeness (QED) is 0.909. The Bertz CT molecular complexity index is 695. The Hall–Kier alpha value is -2.04. The topological polar surface area (TPSA) is 59.0 Å². The van der Waals surface area contributed by atoms with Gasteiger partial charge in [0.25, 0.3) is 0 Å². The lowest BCUT2D eigenvalue weighted by atomic mass is 10.1. The molecule has 0 fully saturated rings. The molecule has 1 heterocycles. The van der Waals surface area contributed by atoms with E-state index >= 15 is 0 Å². The van der Waals surface area contributed by atoms with Crippen LogP contribution in [0.2, 0.25) is 0 Å². The van der Waals surface area contributed by atoms with E-state index in [1.165, 1.54) is 5.56 Å². The van der Waals surface area contributed by atoms with Gasteiger partial charge in [-0.25, -0.2) is 9.78 Å². The van der Waals surface area contributed by atoms with Gasteiger partial charge >= 0.3 is 6.03 Å². The first-order valence-corrected chi connectivity index (χ1v) is 8.18. The number of amides is 2. The minimum atomic E-state index is -0.218. The molecule has 2 amide bonds. The summed E-state index contributed by atoms with van der Waals surface area (Å²) in [5.74, 6) is 1.50. The van der Waals surface area contributed by atoms with E-state index in [2.05, 4.69) is 54.3 Å². The van der Waals surface area contributed by atoms with Crippen LogP contribution in [0, 0.1) is 0 Å². The van der Waals surface area contributed by atoms with Crippen LogP contribution >= 0.6 is 0 Å². The number of nitrogens with zero attached hydrogens (tertiary/aromatic N) is 2. The van der Waals surface area contributed by atoms with Crippen molar-refractivity contribution in [2.75, 3.05) is 6.54 Å². The number of benzene rings is 1. The number of nitrogens with one attached hydrogen (secondary N) is 2. The van der Waals surface area contributed by atoms with Crippen molar-refractivity contribution in [1.82, 2.24) is 20.2 Å². The smallest absolute Gasteiger partial charge is 0.315 e. The van der Waals surface area contributed by atoms with Gasteiger partial charge in [-0.1, -0.05) is 19.9 Å². The maximum Gasteiger partial charge on any atom is 0.315 e. The Morgan fingerprint density at radius 3 is 2.61 bits per heavy atom. The summed E-state index contributed by atoms with van der Waals surface area (Å²) in [6.07, 6.45) is 0.793. The van der Waals surface area contributed by atoms with Crippen LogP contribution in [-0.2, 0) is 13.5 Å². The minimum Gasteiger partial charge on any atom is -0.338 e. The van der Waals surface area contributed by atoms with Crippen LogP contribution < -0.4 is 10.6 Å². The van der Waals surface area contributed by atoms with E-state index in [0.29, 0.717) is 12.5 Å². The van der Waals surface area contributed by atoms with E-state index in [1.54, 1.807) is 0 Å². The standard InChI is InChI=1S/C18H28N4O/c1-12(2)16-20-14-11-13(7-8-15(14)22(16)6)9-10-19-17(23)21-18(3,4)5/h7-8,11-12H,9-10H2,1-6H3,(H2,19,21,23). The van der Waals surface area contributed by atoms with Gasteiger partial charge in [0, 0.05) is 25.0 Å². The molecule has 2 aromatic rings. The second-order valence-corrected chi connectivity index (χ2v) is 7.39. The maximum absolute atomic E-state index is 11.7. The molecule has 2 rings (SSSR count). The zero-order valence-corrected chi connectivity index (χ0v) is 15.0. The summed E-state index contributed by atoms with van der Waals surface area (Å²) in [4.78, 5) is 16.5. The highest BCUT2D eigenvalue weighted by Crippen LogP contribution is 2.21. The summed E-state index contributed by atoms with van der Waals surface area (Å²) in [6.45, 7) is 10.8. The SMILES string of the molecule is CC(C)c1nc2cc(CCNC(=O)NC(C)(C)C)ccc2n1C. The molecule has 0 aliphatic rings. The van der Waals surface area contributed by atoms with Crippen molar-refractivity contribution >= 4 is 17.1 Å². The van der Waals surface area contributed by atoms with Crippen LogP contribution in [0.15, 0.2) is 18.2 Å². The predicted molar refractivity (Wildman–Crippen MR) is 94.8 cm³/mol. The molecule has 1 aromatic carbocycles. The number of rotatable bonds is 4. The number of imidazole rings is 1. The lowest BCUT2D eigenvalue weighted by molar-refractivity contribution is 0.232. The first kappa shape index (κ1) is 17.3. The van der Waals surface area contributed by atoms with Crippen molar-refractivity contribution in [2.24, 2.45) is 7.05 Å². The van der Waals surface area contributed by atoms with Crippen LogP contribution in [0.3, 0.4) is 0 Å². The first-order valence-electron chi connectivity index (χ1n) is 8.18. The zero-order chi connectivity index (χ0) is 17.2. The Morgan fingerprint density at radius 1 is 1.30 bits per heavy atom. The fourth-order valence-corrected chi connectivity index (χ4v) is 2.64. The molecule has 0 spiro atoms. The second kappa shape index (κ2) is 6.60. The number of carbonyl (C=O) groups is 1. The molecular formula is C18H28N4O. The van der Waals surface area contributed by atoms with Gasteiger partial charge in [0.2, 0.25) is 0 Å². The number of hydrogen-bond donors (Lipinski definition) is 2. The monoisotopic (exact) mass is 316 g/mol. The molecule has 126 valence electrons. The van der Waals surface area contributed by atoms with Crippen LogP contribution in [0.25, 0.3) is 11.0 Å². The number of carbonyl (C=O) groups excluding carboxylic acids is 1. The molecule has 0 radical (unpaired) electrons. The summed E-state index contributed by atoms with van der Waals surface area (Å²) >= 11 is 0. The fraction of sp³-hybridized carbons (Fsp3) is 0.556. The first-order chi connectivity index (χ1) is 10.7. The lowest BCUT2D eigenvalue weighted by Crippen LogP contribution is -2.46. The highest BCUT2D eigenvalue weighted by molar-refractivity contribution is 5.77. The molecule has 5 nitrogen and oxygen atoms in total. The highest BCUT2D eigenvalue weighted by Gasteiger charge is 2.13. The van der Waals surface area contributed by atoms with Gasteiger partial charge in [-0.05, 0) is 44.9 Å². The number of urea groups is 1. The lowest BCUT2D eigenvalue weighted by Gasteiger charge is -2.20. The van der Waals surface area contributed by atoms with Crippen molar-refractivity contribution < 1.29 is 4.79 Å². The second-order valence-electron chi connectivity index (χ2n) is 7.39. The minimum absolute atomic E-state index is 0.126. The maximum atomic E-state index is 11.7. The van der Waals surface area contributed by atoms with E-state index < -0.39 is 0 Å². The number of aryl methyl sites for hydroxylation is 1. The van der Waals surface area contributed by atoms with Gasteiger partial charge in [-0.15, -0.1) is 0 Å². The summed E-state index contributed by atoms with van der Waals surface area (Å²) in [7, 11) is 2.06. The van der Waals surface area contributed by atoms with Gasteiger partial charge in [0.1, 0.15) is 5.82 Å². The summed E-state index contributed by atoms with van der Waals surface area (Å²) in [5, 5.41) is 5.79. The molecule has 1 aromatic heterocycles. The van der Waals surface area contributed by atoms with Gasteiger partial charge in [0.05, 0.1) is 11.0 Å². The highest BCUT2D eigenvalue weighted by atomic mass is 16.2. The molecule has 0 saturated carbocycles. The van der Waals surface area contributed by atoms with Gasteiger partial charge < -0.3 is 15.2 Å². The van der Waals surface area contributed by atoms with Crippen molar-refractivity contribution in [3.8, 4) is 0 Å². The fourth-order valence-electron chi connectivity index (χ4n) is 2.64. The molecule has 0 aliphatic carbocycles. The van der Waals surface area contributed by atoms with Crippen molar-refractivity contribution in [1.29, 1.82) is 0 Å². The molecule has 0 bridgehead atoms. The van der Waals surface area contributed by atoms with E-state index in [-0.39, 0.29) is 11.6 Å². The van der Waals surface area contributed by atoms with Gasteiger partial charge in [0.15, 0.2) is 0 Å². The van der Waals surface area contributed by atoms with Crippen LogP contribution in [0.4, 0.5) is 4.79 Å². The van der Waals surface area contributed by atoms with Gasteiger partial charge in [-0.2, -0.15) is 0 Å². The summed E-state index contributed by atoms with van der Waals surface area (Å²) in [6, 6.07) is 6.21. The molecule has 2 N–H and O–H groups in total. The summed E-state index contributed by atoms with van der Waals surface area (Å²) in [5.41, 5.74) is 3.13. The Labute approximate surface area is 138 Å². The molecule has 0 saturated heterocycles. The third-order valence-corrected chi connectivity index (χ3v) is 3.68. The predicted octanol–water partition coefficient (Wildman–Crippen LogP) is 3.34. The molecule has 0 aliphatic heterocycles. The Balaban J connectivity index is 2.00. The van der Waals surface area contributed by atoms with E-state index in [9.17, 15) is 4.79 Å². The summed E-state index contributed by atoms with van der Waals surface area (Å²) < 4.78 is 2.15. The third-order valence-electron chi connectivity index (χ3n) is 3.68. The number of aromatic nitrogens is 2. The van der Waals surface area contributed by atoms with Crippen molar-refractivity contribution in [3.63, 3.8) is 0 Å². The zero-order valence-electron chi connectivity index (χ0n) is 15.0. The van der Waals surface area contributed by atoms with E-state index in [4.69, 9.17) is 4.98 Å². The molecular weight excluding hydrogens is 288 g/mol. The largest absolute Gasteiger partial charge is 0.338 e. The molecule has 0 unspecified atom stereocenters. The Kier molecular flexibility index (Phi) is 4.97. The van der Waals surface area contributed by atoms with Crippen molar-refractivity contribution in [3.05, 3.63) is 29.6 Å². The van der Waals surface area contributed by atoms with Crippen LogP contribution in [-0.4, -0.2) is 27.7 Å². The molecule has 23 heavy (non-hydrogen) atoms. The number of hydrogen-bond acceptors (Lipinski definition) is 2.